The lowest BCUT2D eigenvalue weighted by Crippen LogP contribution is -2.46. The summed E-state index contributed by atoms with van der Waals surface area (Å²) in [5.74, 6) is -0.547. The standard InChI is InChI=1S/C28H58O4/c1-6-11-12-13-18-21-24-27(28(30-8-3,31-9-4)32-10-5)25-22-19-16-14-15-17-20-23-26-29-7-2/h27H,6-26H2,1-5H3. The van der Waals surface area contributed by atoms with Crippen molar-refractivity contribution in [1.82, 2.24) is 0 Å². The number of hydrogen-bond donors (Lipinski definition) is 0. The van der Waals surface area contributed by atoms with Crippen molar-refractivity contribution in [2.24, 2.45) is 5.92 Å². The predicted molar refractivity (Wildman–Crippen MR) is 137 cm³/mol. The van der Waals surface area contributed by atoms with Crippen LogP contribution in [0.1, 0.15) is 137 Å². The van der Waals surface area contributed by atoms with E-state index < -0.39 is 5.97 Å². The smallest absolute Gasteiger partial charge is 0.285 e. The molecule has 32 heavy (non-hydrogen) atoms. The molecule has 1 unspecified atom stereocenters. The maximum absolute atomic E-state index is 6.16. The van der Waals surface area contributed by atoms with E-state index >= 15 is 0 Å². The normalized spacial score (nSPS) is 13.0. The molecule has 0 saturated carbocycles. The van der Waals surface area contributed by atoms with Gasteiger partial charge < -0.3 is 18.9 Å². The fourth-order valence-electron chi connectivity index (χ4n) is 4.55. The molecule has 4 nitrogen and oxygen atoms in total. The quantitative estimate of drug-likeness (QED) is 0.0959. The molecule has 0 rings (SSSR count). The van der Waals surface area contributed by atoms with Crippen molar-refractivity contribution >= 4 is 0 Å². The van der Waals surface area contributed by atoms with Crippen LogP contribution >= 0.6 is 0 Å². The Balaban J connectivity index is 4.44. The van der Waals surface area contributed by atoms with Crippen molar-refractivity contribution in [3.63, 3.8) is 0 Å². The fraction of sp³-hybridized carbons (Fsp3) is 1.00. The van der Waals surface area contributed by atoms with Crippen LogP contribution in [0.15, 0.2) is 0 Å². The molecule has 0 fully saturated rings. The lowest BCUT2D eigenvalue weighted by molar-refractivity contribution is -0.403. The van der Waals surface area contributed by atoms with Gasteiger partial charge in [-0.3, -0.25) is 0 Å². The number of rotatable bonds is 26. The Morgan fingerprint density at radius 3 is 1.28 bits per heavy atom. The van der Waals surface area contributed by atoms with E-state index in [9.17, 15) is 0 Å². The van der Waals surface area contributed by atoms with Gasteiger partial charge in [0.15, 0.2) is 0 Å². The maximum atomic E-state index is 6.16. The van der Waals surface area contributed by atoms with Crippen LogP contribution in [0, 0.1) is 5.92 Å². The van der Waals surface area contributed by atoms with Crippen LogP contribution in [-0.4, -0.2) is 39.0 Å². The van der Waals surface area contributed by atoms with Gasteiger partial charge in [-0.15, -0.1) is 0 Å². The van der Waals surface area contributed by atoms with Crippen LogP contribution in [0.5, 0.6) is 0 Å². The van der Waals surface area contributed by atoms with Crippen LogP contribution in [0.3, 0.4) is 0 Å². The van der Waals surface area contributed by atoms with Gasteiger partial charge in [0.25, 0.3) is 5.97 Å². The summed E-state index contributed by atoms with van der Waals surface area (Å²) in [6, 6.07) is 0. The van der Waals surface area contributed by atoms with Gasteiger partial charge in [0.05, 0.1) is 0 Å². The molecule has 1 atom stereocenters. The average Bonchev–Trinajstić information content (AvgIpc) is 2.78. The van der Waals surface area contributed by atoms with Gasteiger partial charge in [-0.05, 0) is 47.0 Å². The number of unbranched alkanes of at least 4 members (excludes halogenated alkanes) is 12. The van der Waals surface area contributed by atoms with Gasteiger partial charge >= 0.3 is 0 Å². The van der Waals surface area contributed by atoms with Crippen molar-refractivity contribution in [2.45, 2.75) is 143 Å². The second-order valence-corrected chi connectivity index (χ2v) is 8.97. The first kappa shape index (κ1) is 31.8. The summed E-state index contributed by atoms with van der Waals surface area (Å²) in [6.07, 6.45) is 20.6. The van der Waals surface area contributed by atoms with Gasteiger partial charge in [-0.2, -0.15) is 0 Å². The molecular weight excluding hydrogens is 400 g/mol. The minimum Gasteiger partial charge on any atom is -0.382 e. The van der Waals surface area contributed by atoms with E-state index in [0.717, 1.165) is 26.1 Å². The van der Waals surface area contributed by atoms with Crippen LogP contribution in [-0.2, 0) is 18.9 Å². The molecule has 0 aromatic rings. The Bertz CT molecular complexity index is 344. The van der Waals surface area contributed by atoms with Gasteiger partial charge in [0.2, 0.25) is 0 Å². The molecule has 0 radical (unpaired) electrons. The monoisotopic (exact) mass is 458 g/mol. The van der Waals surface area contributed by atoms with Gasteiger partial charge in [-0.25, -0.2) is 0 Å². The summed E-state index contributed by atoms with van der Waals surface area (Å²) >= 11 is 0. The molecule has 0 amide bonds. The minimum atomic E-state index is -0.859. The molecule has 0 aliphatic heterocycles. The third kappa shape index (κ3) is 16.5. The van der Waals surface area contributed by atoms with Crippen molar-refractivity contribution in [3.8, 4) is 0 Å². The zero-order valence-corrected chi connectivity index (χ0v) is 22.6. The molecule has 0 aromatic heterocycles. The second-order valence-electron chi connectivity index (χ2n) is 8.97. The summed E-state index contributed by atoms with van der Waals surface area (Å²) < 4.78 is 23.9. The zero-order valence-electron chi connectivity index (χ0n) is 22.6. The third-order valence-electron chi connectivity index (χ3n) is 6.24. The predicted octanol–water partition coefficient (Wildman–Crippen LogP) is 8.66. The van der Waals surface area contributed by atoms with Crippen LogP contribution in [0.25, 0.3) is 0 Å². The molecule has 0 heterocycles. The molecule has 0 aromatic carbocycles. The molecule has 0 aliphatic rings. The highest BCUT2D eigenvalue weighted by atomic mass is 16.9. The highest BCUT2D eigenvalue weighted by Crippen LogP contribution is 2.34. The fourth-order valence-corrected chi connectivity index (χ4v) is 4.55. The van der Waals surface area contributed by atoms with Crippen LogP contribution in [0.2, 0.25) is 0 Å². The molecule has 0 N–H and O–H groups in total. The summed E-state index contributed by atoms with van der Waals surface area (Å²) in [4.78, 5) is 0. The maximum Gasteiger partial charge on any atom is 0.285 e. The first-order chi connectivity index (χ1) is 15.7. The Kier molecular flexibility index (Phi) is 23.9. The van der Waals surface area contributed by atoms with E-state index in [1.807, 2.05) is 20.8 Å². The number of hydrogen-bond acceptors (Lipinski definition) is 4. The van der Waals surface area contributed by atoms with Gasteiger partial charge in [-0.1, -0.05) is 90.4 Å². The van der Waals surface area contributed by atoms with E-state index in [4.69, 9.17) is 18.9 Å². The summed E-state index contributed by atoms with van der Waals surface area (Å²) in [5, 5.41) is 0. The SMILES string of the molecule is CCCCCCCCC(CCCCCCCCCCOCC)C(OCC)(OCC)OCC. The lowest BCUT2D eigenvalue weighted by atomic mass is 9.91. The summed E-state index contributed by atoms with van der Waals surface area (Å²) in [7, 11) is 0. The first-order valence-electron chi connectivity index (χ1n) is 14.2. The topological polar surface area (TPSA) is 36.9 Å². The largest absolute Gasteiger partial charge is 0.382 e. The second kappa shape index (κ2) is 24.0. The van der Waals surface area contributed by atoms with E-state index in [1.165, 1.54) is 89.9 Å². The number of ether oxygens (including phenoxy) is 4. The average molecular weight is 459 g/mol. The van der Waals surface area contributed by atoms with Crippen molar-refractivity contribution < 1.29 is 18.9 Å². The lowest BCUT2D eigenvalue weighted by Gasteiger charge is -2.39. The Morgan fingerprint density at radius 2 is 0.875 bits per heavy atom. The Labute approximate surface area is 201 Å². The van der Waals surface area contributed by atoms with Gasteiger partial charge in [0.1, 0.15) is 0 Å². The summed E-state index contributed by atoms with van der Waals surface area (Å²) in [5.41, 5.74) is 0. The van der Waals surface area contributed by atoms with Crippen molar-refractivity contribution in [3.05, 3.63) is 0 Å². The van der Waals surface area contributed by atoms with Crippen LogP contribution < -0.4 is 0 Å². The molecule has 194 valence electrons. The summed E-state index contributed by atoms with van der Waals surface area (Å²) in [6.45, 7) is 14.1. The Hall–Kier alpha value is -0.160. The molecule has 0 spiro atoms. The molecule has 4 heteroatoms. The van der Waals surface area contributed by atoms with Crippen molar-refractivity contribution in [1.29, 1.82) is 0 Å². The Morgan fingerprint density at radius 1 is 0.469 bits per heavy atom. The molecular formula is C28H58O4. The highest BCUT2D eigenvalue weighted by molar-refractivity contribution is 4.73. The zero-order chi connectivity index (χ0) is 23.8. The van der Waals surface area contributed by atoms with Crippen LogP contribution in [0.4, 0.5) is 0 Å². The molecule has 0 saturated heterocycles. The minimum absolute atomic E-state index is 0.312. The van der Waals surface area contributed by atoms with E-state index in [-0.39, 0.29) is 0 Å². The van der Waals surface area contributed by atoms with E-state index in [0.29, 0.717) is 25.7 Å². The highest BCUT2D eigenvalue weighted by Gasteiger charge is 2.41. The van der Waals surface area contributed by atoms with Crippen molar-refractivity contribution in [2.75, 3.05) is 33.0 Å². The van der Waals surface area contributed by atoms with E-state index in [1.54, 1.807) is 0 Å². The molecule has 0 aliphatic carbocycles. The molecule has 0 bridgehead atoms. The third-order valence-corrected chi connectivity index (χ3v) is 6.24. The van der Waals surface area contributed by atoms with Gasteiger partial charge in [0, 0.05) is 39.0 Å². The van der Waals surface area contributed by atoms with E-state index in [2.05, 4.69) is 13.8 Å². The first-order valence-corrected chi connectivity index (χ1v) is 14.2.